The molecule has 0 spiro atoms. The van der Waals surface area contributed by atoms with Crippen LogP contribution in [0.2, 0.25) is 0 Å². The molecule has 0 heterocycles. The summed E-state index contributed by atoms with van der Waals surface area (Å²) in [6.07, 6.45) is 0.609. The normalized spacial score (nSPS) is 12.5. The molecule has 0 aliphatic rings. The minimum Gasteiger partial charge on any atom is -0.458 e. The van der Waals surface area contributed by atoms with E-state index in [0.29, 0.717) is 12.2 Å². The summed E-state index contributed by atoms with van der Waals surface area (Å²) in [7, 11) is 0. The van der Waals surface area contributed by atoms with Crippen LogP contribution in [0.5, 0.6) is 0 Å². The second-order valence-electron chi connectivity index (χ2n) is 4.59. The Morgan fingerprint density at radius 1 is 0.958 bits per heavy atom. The summed E-state index contributed by atoms with van der Waals surface area (Å²) in [5, 5.41) is 29.9. The Morgan fingerprint density at radius 2 is 1.33 bits per heavy atom. The lowest BCUT2D eigenvalue weighted by molar-refractivity contribution is -0.396. The predicted octanol–water partition coefficient (Wildman–Crippen LogP) is -0.820. The molecule has 3 N–H and O–H groups in total. The fourth-order valence-corrected chi connectivity index (χ4v) is 1.68. The highest BCUT2D eigenvalue weighted by Gasteiger charge is 2.62. The summed E-state index contributed by atoms with van der Waals surface area (Å²) in [5.74, 6) is -6.61. The molecule has 0 fully saturated rings. The van der Waals surface area contributed by atoms with Gasteiger partial charge < -0.3 is 29.5 Å². The van der Waals surface area contributed by atoms with Crippen molar-refractivity contribution < 1.29 is 43.9 Å². The summed E-state index contributed by atoms with van der Waals surface area (Å²) in [6, 6.07) is 0. The van der Waals surface area contributed by atoms with E-state index >= 15 is 0 Å². The van der Waals surface area contributed by atoms with Crippen molar-refractivity contribution in [1.29, 1.82) is 0 Å². The zero-order chi connectivity index (χ0) is 19.0. The molecular formula is C15H20O9. The largest absolute Gasteiger partial charge is 0.458 e. The third-order valence-corrected chi connectivity index (χ3v) is 3.24. The van der Waals surface area contributed by atoms with Gasteiger partial charge in [-0.2, -0.15) is 0 Å². The first-order chi connectivity index (χ1) is 11.2. The van der Waals surface area contributed by atoms with Crippen molar-refractivity contribution in [2.24, 2.45) is 5.41 Å². The van der Waals surface area contributed by atoms with E-state index in [-0.39, 0.29) is 0 Å². The summed E-state index contributed by atoms with van der Waals surface area (Å²) in [5.41, 5.74) is -2.32. The lowest BCUT2D eigenvalue weighted by Gasteiger charge is -2.44. The first-order valence-corrected chi connectivity index (χ1v) is 6.64. The Kier molecular flexibility index (Phi) is 8.03. The van der Waals surface area contributed by atoms with Gasteiger partial charge in [-0.05, 0) is 6.92 Å². The van der Waals surface area contributed by atoms with Crippen molar-refractivity contribution >= 4 is 17.9 Å². The van der Waals surface area contributed by atoms with Crippen LogP contribution in [-0.2, 0) is 28.6 Å². The molecule has 0 amide bonds. The summed E-state index contributed by atoms with van der Waals surface area (Å²) in [6.45, 7) is 8.38. The third-order valence-electron chi connectivity index (χ3n) is 3.24. The minimum atomic E-state index is -3.19. The molecule has 24 heavy (non-hydrogen) atoms. The van der Waals surface area contributed by atoms with E-state index in [1.165, 1.54) is 6.92 Å². The Balaban J connectivity index is 6.06. The highest BCUT2D eigenvalue weighted by Crippen LogP contribution is 2.39. The fourth-order valence-electron chi connectivity index (χ4n) is 1.68. The van der Waals surface area contributed by atoms with Gasteiger partial charge in [-0.1, -0.05) is 19.7 Å². The number of rotatable bonds is 10. The first-order valence-electron chi connectivity index (χ1n) is 6.64. The maximum atomic E-state index is 11.5. The molecular weight excluding hydrogens is 324 g/mol. The maximum absolute atomic E-state index is 11.5. The van der Waals surface area contributed by atoms with Crippen molar-refractivity contribution in [2.75, 3.05) is 13.2 Å². The second-order valence-corrected chi connectivity index (χ2v) is 4.59. The van der Waals surface area contributed by atoms with Crippen LogP contribution in [0.25, 0.3) is 0 Å². The van der Waals surface area contributed by atoms with Gasteiger partial charge in [0.1, 0.15) is 6.10 Å². The molecule has 0 radical (unpaired) electrons. The van der Waals surface area contributed by atoms with Crippen molar-refractivity contribution in [1.82, 2.24) is 0 Å². The molecule has 0 bridgehead atoms. The van der Waals surface area contributed by atoms with Crippen molar-refractivity contribution in [2.45, 2.75) is 19.0 Å². The van der Waals surface area contributed by atoms with Gasteiger partial charge in [0.25, 0.3) is 0 Å². The molecule has 1 unspecified atom stereocenters. The minimum absolute atomic E-state index is 0.645. The van der Waals surface area contributed by atoms with Gasteiger partial charge in [-0.25, -0.2) is 14.4 Å². The van der Waals surface area contributed by atoms with Crippen LogP contribution < -0.4 is 0 Å². The molecule has 0 aromatic carbocycles. The molecule has 0 aromatic heterocycles. The van der Waals surface area contributed by atoms with Crippen LogP contribution in [0.4, 0.5) is 0 Å². The highest BCUT2D eigenvalue weighted by atomic mass is 16.8. The van der Waals surface area contributed by atoms with Crippen molar-refractivity contribution in [3.8, 4) is 0 Å². The van der Waals surface area contributed by atoms with Crippen molar-refractivity contribution in [3.63, 3.8) is 0 Å². The lowest BCUT2D eigenvalue weighted by Crippen LogP contribution is -2.63. The molecule has 134 valence electrons. The average molecular weight is 344 g/mol. The van der Waals surface area contributed by atoms with Crippen LogP contribution in [0.3, 0.4) is 0 Å². The van der Waals surface area contributed by atoms with E-state index < -0.39 is 48.6 Å². The lowest BCUT2D eigenvalue weighted by atomic mass is 9.81. The smallest absolute Gasteiger partial charge is 0.388 e. The third kappa shape index (κ3) is 4.51. The molecule has 0 rings (SSSR count). The fraction of sp³-hybridized carbons (Fsp3) is 0.400. The van der Waals surface area contributed by atoms with E-state index in [0.717, 1.165) is 6.08 Å². The molecule has 0 aliphatic carbocycles. The number of aliphatic hydroxyl groups excluding tert-OH is 2. The summed E-state index contributed by atoms with van der Waals surface area (Å²) in [4.78, 5) is 34.3. The molecule has 0 saturated heterocycles. The Labute approximate surface area is 138 Å². The molecule has 1 atom stereocenters. The number of hydrogen-bond acceptors (Lipinski definition) is 9. The summed E-state index contributed by atoms with van der Waals surface area (Å²) >= 11 is 0. The van der Waals surface area contributed by atoms with Gasteiger partial charge in [0.2, 0.25) is 0 Å². The van der Waals surface area contributed by atoms with Crippen LogP contribution >= 0.6 is 0 Å². The van der Waals surface area contributed by atoms with Crippen LogP contribution in [0.1, 0.15) is 6.92 Å². The van der Waals surface area contributed by atoms with Gasteiger partial charge in [-0.15, -0.1) is 0 Å². The topological polar surface area (TPSA) is 140 Å². The van der Waals surface area contributed by atoms with Gasteiger partial charge in [0.15, 0.2) is 5.41 Å². The number of hydrogen-bond donors (Lipinski definition) is 3. The van der Waals surface area contributed by atoms with Crippen LogP contribution in [0, 0.1) is 5.41 Å². The van der Waals surface area contributed by atoms with E-state index in [1.54, 1.807) is 0 Å². The molecule has 0 aromatic rings. The van der Waals surface area contributed by atoms with E-state index in [9.17, 15) is 29.7 Å². The number of aliphatic hydroxyl groups is 3. The van der Waals surface area contributed by atoms with E-state index in [4.69, 9.17) is 4.74 Å². The number of carbonyl (C=O) groups is 3. The predicted molar refractivity (Wildman–Crippen MR) is 79.9 cm³/mol. The molecule has 0 saturated carbocycles. The van der Waals surface area contributed by atoms with Crippen LogP contribution in [0.15, 0.2) is 38.0 Å². The molecule has 0 aliphatic heterocycles. The average Bonchev–Trinajstić information content (AvgIpc) is 2.55. The van der Waals surface area contributed by atoms with Gasteiger partial charge >= 0.3 is 23.9 Å². The van der Waals surface area contributed by atoms with Crippen molar-refractivity contribution in [3.05, 3.63) is 38.0 Å². The quantitative estimate of drug-likeness (QED) is 0.263. The SMILES string of the molecule is C=CC(=O)OC(C)C(CO)(CO)C(O)(OC(=O)C=C)OC(=O)C=C. The van der Waals surface area contributed by atoms with E-state index in [1.807, 2.05) is 0 Å². The Hall–Kier alpha value is -2.49. The van der Waals surface area contributed by atoms with Gasteiger partial charge in [0, 0.05) is 18.2 Å². The Bertz CT molecular complexity index is 497. The second kappa shape index (κ2) is 8.96. The number of carbonyl (C=O) groups excluding carboxylic acids is 3. The zero-order valence-electron chi connectivity index (χ0n) is 13.1. The maximum Gasteiger partial charge on any atom is 0.388 e. The Morgan fingerprint density at radius 3 is 1.62 bits per heavy atom. The van der Waals surface area contributed by atoms with Crippen LogP contribution in [-0.4, -0.2) is 58.5 Å². The monoisotopic (exact) mass is 344 g/mol. The van der Waals surface area contributed by atoms with E-state index in [2.05, 4.69) is 29.2 Å². The molecule has 9 nitrogen and oxygen atoms in total. The summed E-state index contributed by atoms with van der Waals surface area (Å²) < 4.78 is 14.1. The zero-order valence-corrected chi connectivity index (χ0v) is 13.1. The standard InChI is InChI=1S/C15H20O9/c1-5-11(18)22-10(4)14(8-16,9-17)15(21,23-12(19)6-2)24-13(20)7-3/h5-7,10,16-17,21H,1-3,8-9H2,4H3. The first kappa shape index (κ1) is 21.5. The van der Waals surface area contributed by atoms with Gasteiger partial charge in [-0.3, -0.25) is 0 Å². The molecule has 9 heteroatoms. The number of esters is 3. The van der Waals surface area contributed by atoms with Gasteiger partial charge in [0.05, 0.1) is 13.2 Å². The highest BCUT2D eigenvalue weighted by molar-refractivity contribution is 5.83. The number of ether oxygens (including phenoxy) is 3.